The lowest BCUT2D eigenvalue weighted by Gasteiger charge is -2.08. The molecule has 3 aromatic carbocycles. The number of benzene rings is 3. The van der Waals surface area contributed by atoms with Crippen LogP contribution in [0.1, 0.15) is 17.0 Å². The maximum atomic E-state index is 12.6. The van der Waals surface area contributed by atoms with Crippen molar-refractivity contribution in [2.75, 3.05) is 4.72 Å². The van der Waals surface area contributed by atoms with Crippen LogP contribution in [0.15, 0.2) is 76.6 Å². The number of phenols is 1. The van der Waals surface area contributed by atoms with Crippen molar-refractivity contribution in [3.63, 3.8) is 0 Å². The van der Waals surface area contributed by atoms with E-state index in [4.69, 9.17) is 0 Å². The number of aryl methyl sites for hydroxylation is 2. The second-order valence-corrected chi connectivity index (χ2v) is 8.73. The van der Waals surface area contributed by atoms with Gasteiger partial charge in [-0.15, -0.1) is 0 Å². The zero-order valence-electron chi connectivity index (χ0n) is 16.9. The van der Waals surface area contributed by atoms with E-state index in [2.05, 4.69) is 19.7 Å². The molecule has 0 saturated carbocycles. The minimum Gasteiger partial charge on any atom is -0.507 e. The maximum absolute atomic E-state index is 12.6. The third-order valence-corrected chi connectivity index (χ3v) is 5.99. The lowest BCUT2D eigenvalue weighted by atomic mass is 10.0. The van der Waals surface area contributed by atoms with Gasteiger partial charge in [0.15, 0.2) is 0 Å². The topological polar surface area (TPSA) is 105 Å². The van der Waals surface area contributed by atoms with E-state index in [0.717, 1.165) is 10.8 Å². The standard InChI is InChI=1S/C23H20N4O3S/c1-15-13-16(2)26-23(25-15)27-31(29,30)19-10-8-18(9-11-19)24-14-21-20-6-4-3-5-17(20)7-12-22(21)28/h3-14,28H,1-2H3,(H,25,26,27). The zero-order valence-corrected chi connectivity index (χ0v) is 17.8. The number of nitrogens with zero attached hydrogens (tertiary/aromatic N) is 3. The molecule has 0 unspecified atom stereocenters. The van der Waals surface area contributed by atoms with Gasteiger partial charge in [0.05, 0.1) is 10.6 Å². The Balaban J connectivity index is 1.58. The first kappa shape index (κ1) is 20.5. The molecule has 0 atom stereocenters. The first-order chi connectivity index (χ1) is 14.8. The zero-order chi connectivity index (χ0) is 22.0. The number of phenolic OH excluding ortho intramolecular Hbond substituents is 1. The first-order valence-corrected chi connectivity index (χ1v) is 11.0. The number of rotatable bonds is 5. The Morgan fingerprint density at radius 2 is 1.61 bits per heavy atom. The second-order valence-electron chi connectivity index (χ2n) is 7.05. The van der Waals surface area contributed by atoms with Crippen LogP contribution in [0.4, 0.5) is 11.6 Å². The lowest BCUT2D eigenvalue weighted by Crippen LogP contribution is -2.15. The van der Waals surface area contributed by atoms with Crippen molar-refractivity contribution >= 4 is 38.6 Å². The van der Waals surface area contributed by atoms with Gasteiger partial charge in [-0.2, -0.15) is 0 Å². The highest BCUT2D eigenvalue weighted by Crippen LogP contribution is 2.26. The second kappa shape index (κ2) is 8.16. The number of hydrogen-bond acceptors (Lipinski definition) is 6. The van der Waals surface area contributed by atoms with Gasteiger partial charge in [0.1, 0.15) is 5.75 Å². The molecule has 0 spiro atoms. The van der Waals surface area contributed by atoms with Crippen LogP contribution in [0.2, 0.25) is 0 Å². The molecule has 0 radical (unpaired) electrons. The van der Waals surface area contributed by atoms with Gasteiger partial charge in [-0.1, -0.05) is 30.3 Å². The van der Waals surface area contributed by atoms with Gasteiger partial charge in [0.2, 0.25) is 5.95 Å². The molecule has 8 heteroatoms. The van der Waals surface area contributed by atoms with Crippen molar-refractivity contribution in [1.82, 2.24) is 9.97 Å². The summed E-state index contributed by atoms with van der Waals surface area (Å²) < 4.78 is 27.7. The Kier molecular flexibility index (Phi) is 5.39. The van der Waals surface area contributed by atoms with Crippen LogP contribution >= 0.6 is 0 Å². The molecule has 0 bridgehead atoms. The van der Waals surface area contributed by atoms with E-state index < -0.39 is 10.0 Å². The van der Waals surface area contributed by atoms with Crippen LogP contribution < -0.4 is 4.72 Å². The summed E-state index contributed by atoms with van der Waals surface area (Å²) in [6, 6.07) is 19.0. The predicted molar refractivity (Wildman–Crippen MR) is 122 cm³/mol. The van der Waals surface area contributed by atoms with Crippen molar-refractivity contribution in [3.8, 4) is 5.75 Å². The SMILES string of the molecule is Cc1cc(C)nc(NS(=O)(=O)c2ccc(N=Cc3c(O)ccc4ccccc34)cc2)n1. The highest BCUT2D eigenvalue weighted by Gasteiger charge is 2.16. The van der Waals surface area contributed by atoms with E-state index in [-0.39, 0.29) is 16.6 Å². The number of nitrogens with one attached hydrogen (secondary N) is 1. The number of hydrogen-bond donors (Lipinski definition) is 2. The van der Waals surface area contributed by atoms with Gasteiger partial charge in [0, 0.05) is 23.2 Å². The van der Waals surface area contributed by atoms with E-state index in [1.54, 1.807) is 44.3 Å². The number of aromatic nitrogens is 2. The Bertz CT molecular complexity index is 1380. The molecule has 0 aliphatic carbocycles. The van der Waals surface area contributed by atoms with Crippen LogP contribution in [0.3, 0.4) is 0 Å². The molecule has 4 aromatic rings. The summed E-state index contributed by atoms with van der Waals surface area (Å²) in [5.41, 5.74) is 2.50. The molecule has 1 aromatic heterocycles. The fraction of sp³-hybridized carbons (Fsp3) is 0.0870. The largest absolute Gasteiger partial charge is 0.507 e. The number of sulfonamides is 1. The van der Waals surface area contributed by atoms with Crippen LogP contribution in [0, 0.1) is 13.8 Å². The van der Waals surface area contributed by atoms with E-state index in [9.17, 15) is 13.5 Å². The summed E-state index contributed by atoms with van der Waals surface area (Å²) in [6.07, 6.45) is 1.57. The van der Waals surface area contributed by atoms with Crippen LogP contribution in [-0.4, -0.2) is 29.7 Å². The Morgan fingerprint density at radius 3 is 2.32 bits per heavy atom. The normalized spacial score (nSPS) is 11.8. The van der Waals surface area contributed by atoms with Crippen molar-refractivity contribution in [2.45, 2.75) is 18.7 Å². The molecule has 1 heterocycles. The van der Waals surface area contributed by atoms with E-state index in [0.29, 0.717) is 22.6 Å². The van der Waals surface area contributed by atoms with E-state index in [1.807, 2.05) is 30.3 Å². The van der Waals surface area contributed by atoms with Gasteiger partial charge in [-0.05, 0) is 61.0 Å². The van der Waals surface area contributed by atoms with E-state index >= 15 is 0 Å². The van der Waals surface area contributed by atoms with Gasteiger partial charge in [0.25, 0.3) is 10.0 Å². The molecule has 0 fully saturated rings. The van der Waals surface area contributed by atoms with Crippen LogP contribution in [0.5, 0.6) is 5.75 Å². The monoisotopic (exact) mass is 432 g/mol. The average Bonchev–Trinajstić information content (AvgIpc) is 2.72. The highest BCUT2D eigenvalue weighted by molar-refractivity contribution is 7.92. The smallest absolute Gasteiger partial charge is 0.264 e. The number of anilines is 1. The molecule has 156 valence electrons. The molecule has 31 heavy (non-hydrogen) atoms. The molecule has 0 amide bonds. The van der Waals surface area contributed by atoms with Gasteiger partial charge >= 0.3 is 0 Å². The van der Waals surface area contributed by atoms with Crippen LogP contribution in [0.25, 0.3) is 10.8 Å². The maximum Gasteiger partial charge on any atom is 0.264 e. The molecule has 7 nitrogen and oxygen atoms in total. The molecule has 2 N–H and O–H groups in total. The molecule has 0 aliphatic rings. The fourth-order valence-corrected chi connectivity index (χ4v) is 4.16. The summed E-state index contributed by atoms with van der Waals surface area (Å²) >= 11 is 0. The summed E-state index contributed by atoms with van der Waals surface area (Å²) in [5, 5.41) is 12.1. The van der Waals surface area contributed by atoms with Gasteiger partial charge < -0.3 is 5.11 Å². The third-order valence-electron chi connectivity index (χ3n) is 4.65. The number of aromatic hydroxyl groups is 1. The number of aliphatic imine (C=N–C) groups is 1. The summed E-state index contributed by atoms with van der Waals surface area (Å²) in [6.45, 7) is 3.54. The lowest BCUT2D eigenvalue weighted by molar-refractivity contribution is 0.475. The van der Waals surface area contributed by atoms with E-state index in [1.165, 1.54) is 12.1 Å². The number of fused-ring (bicyclic) bond motifs is 1. The first-order valence-electron chi connectivity index (χ1n) is 9.52. The minimum absolute atomic E-state index is 0.0334. The summed E-state index contributed by atoms with van der Waals surface area (Å²) in [5.74, 6) is 0.158. The molecule has 4 rings (SSSR count). The average molecular weight is 433 g/mol. The quantitative estimate of drug-likeness (QED) is 0.452. The highest BCUT2D eigenvalue weighted by atomic mass is 32.2. The molecule has 0 aliphatic heterocycles. The van der Waals surface area contributed by atoms with Gasteiger partial charge in [-0.25, -0.2) is 23.1 Å². The summed E-state index contributed by atoms with van der Waals surface area (Å²) in [7, 11) is -3.83. The van der Waals surface area contributed by atoms with Crippen molar-refractivity contribution < 1.29 is 13.5 Å². The Hall–Kier alpha value is -3.78. The fourth-order valence-electron chi connectivity index (χ4n) is 3.22. The van der Waals surface area contributed by atoms with Crippen LogP contribution in [-0.2, 0) is 10.0 Å². The van der Waals surface area contributed by atoms with Gasteiger partial charge in [-0.3, -0.25) is 4.99 Å². The van der Waals surface area contributed by atoms with Crippen molar-refractivity contribution in [2.24, 2.45) is 4.99 Å². The Labute approximate surface area is 180 Å². The molecule has 0 saturated heterocycles. The third kappa shape index (κ3) is 4.54. The molecular weight excluding hydrogens is 412 g/mol. The molecular formula is C23H20N4O3S. The van der Waals surface area contributed by atoms with Crippen molar-refractivity contribution in [1.29, 1.82) is 0 Å². The Morgan fingerprint density at radius 1 is 0.935 bits per heavy atom. The van der Waals surface area contributed by atoms with Crippen molar-refractivity contribution in [3.05, 3.63) is 83.7 Å². The minimum atomic E-state index is -3.83. The summed E-state index contributed by atoms with van der Waals surface area (Å²) in [4.78, 5) is 12.7. The predicted octanol–water partition coefficient (Wildman–Crippen LogP) is 4.50.